The molecule has 34 heavy (non-hydrogen) atoms. The van der Waals surface area contributed by atoms with E-state index in [0.29, 0.717) is 26.2 Å². The topological polar surface area (TPSA) is 44.8 Å². The van der Waals surface area contributed by atoms with E-state index in [1.807, 2.05) is 13.8 Å². The maximum Gasteiger partial charge on any atom is 0.335 e. The lowest BCUT2D eigenvalue weighted by Gasteiger charge is -2.16. The van der Waals surface area contributed by atoms with Crippen LogP contribution < -0.4 is 0 Å². The van der Waals surface area contributed by atoms with E-state index in [1.54, 1.807) is 0 Å². The average molecular weight is 459 g/mol. The zero-order valence-electron chi connectivity index (χ0n) is 20.4. The first-order chi connectivity index (χ1) is 16.6. The van der Waals surface area contributed by atoms with Gasteiger partial charge in [-0.1, -0.05) is 73.7 Å². The Morgan fingerprint density at radius 2 is 1.53 bits per heavy atom. The van der Waals surface area contributed by atoms with E-state index in [4.69, 9.17) is 14.2 Å². The summed E-state index contributed by atoms with van der Waals surface area (Å²) in [5.74, 6) is -0.301. The molecule has 0 fully saturated rings. The van der Waals surface area contributed by atoms with Gasteiger partial charge in [0.1, 0.15) is 6.10 Å². The molecule has 2 atom stereocenters. The number of aryl methyl sites for hydroxylation is 1. The van der Waals surface area contributed by atoms with Crippen LogP contribution in [0, 0.1) is 0 Å². The minimum Gasteiger partial charge on any atom is -0.464 e. The van der Waals surface area contributed by atoms with E-state index in [2.05, 4.69) is 73.7 Å². The van der Waals surface area contributed by atoms with Gasteiger partial charge in [-0.05, 0) is 65.6 Å². The van der Waals surface area contributed by atoms with Crippen molar-refractivity contribution in [1.82, 2.24) is 0 Å². The number of rotatable bonds is 11. The maximum atomic E-state index is 12.1. The van der Waals surface area contributed by atoms with Crippen LogP contribution in [-0.2, 0) is 38.3 Å². The fraction of sp³-hybridized carbons (Fsp3) is 0.367. The molecule has 0 aliphatic heterocycles. The summed E-state index contributed by atoms with van der Waals surface area (Å²) in [4.78, 5) is 12.1. The Balaban J connectivity index is 1.38. The van der Waals surface area contributed by atoms with Gasteiger partial charge in [-0.15, -0.1) is 0 Å². The van der Waals surface area contributed by atoms with E-state index < -0.39 is 6.10 Å². The molecule has 2 unspecified atom stereocenters. The number of carbonyl (C=O) groups excluding carboxylic acids is 1. The molecule has 0 N–H and O–H groups in total. The first kappa shape index (κ1) is 24.2. The summed E-state index contributed by atoms with van der Waals surface area (Å²) in [6.07, 6.45) is 1.79. The number of carbonyl (C=O) groups is 1. The monoisotopic (exact) mass is 458 g/mol. The lowest BCUT2D eigenvalue weighted by atomic mass is 10.0. The number of fused-ring (bicyclic) bond motifs is 3. The molecule has 0 heterocycles. The molecule has 4 rings (SSSR count). The molecule has 4 nitrogen and oxygen atoms in total. The summed E-state index contributed by atoms with van der Waals surface area (Å²) >= 11 is 0. The average Bonchev–Trinajstić information content (AvgIpc) is 3.18. The Morgan fingerprint density at radius 3 is 2.26 bits per heavy atom. The molecule has 0 spiro atoms. The number of benzene rings is 3. The second kappa shape index (κ2) is 11.5. The van der Waals surface area contributed by atoms with E-state index >= 15 is 0 Å². The first-order valence-electron chi connectivity index (χ1n) is 12.3. The molecular weight excluding hydrogens is 424 g/mol. The van der Waals surface area contributed by atoms with Crippen LogP contribution in [0.15, 0.2) is 66.7 Å². The van der Waals surface area contributed by atoms with Crippen molar-refractivity contribution in [2.24, 2.45) is 0 Å². The molecule has 0 saturated heterocycles. The van der Waals surface area contributed by atoms with E-state index in [-0.39, 0.29) is 12.1 Å². The first-order valence-corrected chi connectivity index (χ1v) is 12.3. The van der Waals surface area contributed by atoms with Crippen molar-refractivity contribution in [3.63, 3.8) is 0 Å². The molecule has 3 aromatic rings. The van der Waals surface area contributed by atoms with Crippen molar-refractivity contribution in [3.05, 3.63) is 94.5 Å². The predicted molar refractivity (Wildman–Crippen MR) is 135 cm³/mol. The summed E-state index contributed by atoms with van der Waals surface area (Å²) in [5.41, 5.74) is 8.71. The van der Waals surface area contributed by atoms with Crippen molar-refractivity contribution < 1.29 is 19.0 Å². The lowest BCUT2D eigenvalue weighted by Crippen LogP contribution is -2.29. The van der Waals surface area contributed by atoms with Gasteiger partial charge in [-0.2, -0.15) is 0 Å². The standard InChI is InChI=1S/C30H34O4/c1-4-21-15-16-26-27(19-21)24-9-7-8-10-25(24)29(26)34-18-17-22-11-13-23(14-12-22)20-28(32-5-2)30(31)33-6-3/h7-16,19,28-29H,4-6,17-18,20H2,1-3H3. The van der Waals surface area contributed by atoms with Crippen molar-refractivity contribution in [2.75, 3.05) is 19.8 Å². The number of ether oxygens (including phenoxy) is 3. The Morgan fingerprint density at radius 1 is 0.824 bits per heavy atom. The highest BCUT2D eigenvalue weighted by Crippen LogP contribution is 2.45. The Bertz CT molecular complexity index is 1100. The second-order valence-corrected chi connectivity index (χ2v) is 8.58. The smallest absolute Gasteiger partial charge is 0.335 e. The summed E-state index contributed by atoms with van der Waals surface area (Å²) in [6, 6.07) is 23.7. The number of hydrogen-bond donors (Lipinski definition) is 0. The third-order valence-corrected chi connectivity index (χ3v) is 6.38. The van der Waals surface area contributed by atoms with Gasteiger partial charge in [0.05, 0.1) is 13.2 Å². The fourth-order valence-electron chi connectivity index (χ4n) is 4.60. The van der Waals surface area contributed by atoms with Crippen LogP contribution in [0.25, 0.3) is 11.1 Å². The minimum absolute atomic E-state index is 0.0205. The molecule has 3 aromatic carbocycles. The summed E-state index contributed by atoms with van der Waals surface area (Å²) in [7, 11) is 0. The molecule has 0 saturated carbocycles. The minimum atomic E-state index is -0.560. The molecule has 0 bridgehead atoms. The van der Waals surface area contributed by atoms with Crippen molar-refractivity contribution in [3.8, 4) is 11.1 Å². The van der Waals surface area contributed by atoms with Gasteiger partial charge in [-0.25, -0.2) is 4.79 Å². The highest BCUT2D eigenvalue weighted by atomic mass is 16.6. The van der Waals surface area contributed by atoms with Crippen LogP contribution in [0.3, 0.4) is 0 Å². The Hall–Kier alpha value is -2.95. The van der Waals surface area contributed by atoms with Gasteiger partial charge in [0.25, 0.3) is 0 Å². The summed E-state index contributed by atoms with van der Waals surface area (Å²) in [5, 5.41) is 0. The zero-order valence-corrected chi connectivity index (χ0v) is 20.4. The van der Waals surface area contributed by atoms with Crippen LogP contribution in [0.1, 0.15) is 54.7 Å². The third-order valence-electron chi connectivity index (χ3n) is 6.38. The quantitative estimate of drug-likeness (QED) is 0.326. The second-order valence-electron chi connectivity index (χ2n) is 8.58. The van der Waals surface area contributed by atoms with E-state index in [1.165, 1.54) is 33.4 Å². The van der Waals surface area contributed by atoms with Crippen LogP contribution in [0.2, 0.25) is 0 Å². The summed E-state index contributed by atoms with van der Waals surface area (Å²) < 4.78 is 17.2. The van der Waals surface area contributed by atoms with Crippen molar-refractivity contribution in [2.45, 2.75) is 52.2 Å². The number of hydrogen-bond acceptors (Lipinski definition) is 4. The molecule has 4 heteroatoms. The van der Waals surface area contributed by atoms with Gasteiger partial charge >= 0.3 is 5.97 Å². The van der Waals surface area contributed by atoms with Gasteiger partial charge < -0.3 is 14.2 Å². The molecule has 1 aliphatic carbocycles. The van der Waals surface area contributed by atoms with Crippen LogP contribution in [-0.4, -0.2) is 31.9 Å². The maximum absolute atomic E-state index is 12.1. The van der Waals surface area contributed by atoms with Gasteiger partial charge in [-0.3, -0.25) is 0 Å². The van der Waals surface area contributed by atoms with Crippen LogP contribution in [0.4, 0.5) is 0 Å². The van der Waals surface area contributed by atoms with E-state index in [0.717, 1.165) is 18.4 Å². The van der Waals surface area contributed by atoms with Crippen LogP contribution >= 0.6 is 0 Å². The lowest BCUT2D eigenvalue weighted by molar-refractivity contribution is -0.156. The van der Waals surface area contributed by atoms with Gasteiger partial charge in [0.15, 0.2) is 6.10 Å². The molecule has 0 aromatic heterocycles. The highest BCUT2D eigenvalue weighted by molar-refractivity contribution is 5.78. The molecule has 178 valence electrons. The third kappa shape index (κ3) is 5.40. The molecule has 0 amide bonds. The molecular formula is C30H34O4. The highest BCUT2D eigenvalue weighted by Gasteiger charge is 2.29. The SMILES string of the molecule is CCOC(=O)C(Cc1ccc(CCOC2c3ccccc3-c3cc(CC)ccc32)cc1)OCC. The van der Waals surface area contributed by atoms with Crippen molar-refractivity contribution >= 4 is 5.97 Å². The largest absolute Gasteiger partial charge is 0.464 e. The zero-order chi connectivity index (χ0) is 23.9. The van der Waals surface area contributed by atoms with Crippen LogP contribution in [0.5, 0.6) is 0 Å². The number of esters is 1. The normalized spacial score (nSPS) is 15.0. The fourth-order valence-corrected chi connectivity index (χ4v) is 4.60. The Labute approximate surface area is 202 Å². The predicted octanol–water partition coefficient (Wildman–Crippen LogP) is 6.09. The summed E-state index contributed by atoms with van der Waals surface area (Å²) in [6.45, 7) is 7.36. The van der Waals surface area contributed by atoms with Gasteiger partial charge in [0.2, 0.25) is 0 Å². The molecule has 0 radical (unpaired) electrons. The van der Waals surface area contributed by atoms with E-state index in [9.17, 15) is 4.79 Å². The van der Waals surface area contributed by atoms with Gasteiger partial charge in [0, 0.05) is 13.0 Å². The molecule has 1 aliphatic rings. The van der Waals surface area contributed by atoms with Crippen molar-refractivity contribution in [1.29, 1.82) is 0 Å². The Kier molecular flexibility index (Phi) is 8.15.